The summed E-state index contributed by atoms with van der Waals surface area (Å²) in [4.78, 5) is 12.8. The third-order valence-corrected chi connectivity index (χ3v) is 3.93. The van der Waals surface area contributed by atoms with Crippen LogP contribution in [0.3, 0.4) is 0 Å². The first-order valence-electron chi connectivity index (χ1n) is 6.93. The highest BCUT2D eigenvalue weighted by atomic mass is 19.4. The van der Waals surface area contributed by atoms with Crippen molar-refractivity contribution in [1.82, 2.24) is 4.90 Å². The van der Waals surface area contributed by atoms with E-state index in [0.29, 0.717) is 5.92 Å². The summed E-state index contributed by atoms with van der Waals surface area (Å²) < 4.78 is 39.3. The van der Waals surface area contributed by atoms with Gasteiger partial charge in [-0.1, -0.05) is 13.0 Å². The Hall–Kier alpha value is -1.56. The van der Waals surface area contributed by atoms with Crippen LogP contribution in [0, 0.1) is 5.92 Å². The van der Waals surface area contributed by atoms with Crippen LogP contribution < -0.4 is 0 Å². The van der Waals surface area contributed by atoms with Gasteiger partial charge >= 0.3 is 12.1 Å². The zero-order valence-corrected chi connectivity index (χ0v) is 11.8. The van der Waals surface area contributed by atoms with Crippen LogP contribution in [0.25, 0.3) is 0 Å². The SMILES string of the molecule is CC1CCN(Cc2ccc(C(=O)O)cc2C(F)(F)F)CC1. The molecule has 1 saturated heterocycles. The topological polar surface area (TPSA) is 40.5 Å². The second kappa shape index (κ2) is 6.05. The molecule has 116 valence electrons. The molecule has 1 heterocycles. The first-order chi connectivity index (χ1) is 9.77. The van der Waals surface area contributed by atoms with Crippen LogP contribution in [0.1, 0.15) is 41.3 Å². The van der Waals surface area contributed by atoms with Crippen molar-refractivity contribution in [2.75, 3.05) is 13.1 Å². The number of likely N-dealkylation sites (tertiary alicyclic amines) is 1. The summed E-state index contributed by atoms with van der Waals surface area (Å²) in [5, 5.41) is 8.84. The van der Waals surface area contributed by atoms with Crippen molar-refractivity contribution < 1.29 is 23.1 Å². The Morgan fingerprint density at radius 2 is 1.95 bits per heavy atom. The van der Waals surface area contributed by atoms with Crippen molar-refractivity contribution in [3.05, 3.63) is 34.9 Å². The molecule has 1 aliphatic rings. The molecule has 1 aromatic rings. The largest absolute Gasteiger partial charge is 0.478 e. The quantitative estimate of drug-likeness (QED) is 0.926. The predicted molar refractivity (Wildman–Crippen MR) is 72.1 cm³/mol. The average Bonchev–Trinajstić information content (AvgIpc) is 2.40. The minimum absolute atomic E-state index is 0.141. The summed E-state index contributed by atoms with van der Waals surface area (Å²) in [5.41, 5.74) is -1.04. The third kappa shape index (κ3) is 3.97. The molecule has 1 aromatic carbocycles. The van der Waals surface area contributed by atoms with E-state index in [-0.39, 0.29) is 17.7 Å². The van der Waals surface area contributed by atoms with E-state index in [0.717, 1.165) is 32.0 Å². The molecule has 0 radical (unpaired) electrons. The number of nitrogens with zero attached hydrogens (tertiary/aromatic N) is 1. The van der Waals surface area contributed by atoms with E-state index in [1.165, 1.54) is 12.1 Å². The van der Waals surface area contributed by atoms with Crippen molar-refractivity contribution in [2.45, 2.75) is 32.5 Å². The van der Waals surface area contributed by atoms with Crippen LogP contribution >= 0.6 is 0 Å². The predicted octanol–water partition coefficient (Wildman–Crippen LogP) is 3.64. The Labute approximate surface area is 121 Å². The molecule has 1 aliphatic heterocycles. The third-order valence-electron chi connectivity index (χ3n) is 3.93. The minimum atomic E-state index is -4.54. The van der Waals surface area contributed by atoms with Gasteiger partial charge in [0.2, 0.25) is 0 Å². The van der Waals surface area contributed by atoms with Crippen molar-refractivity contribution in [3.63, 3.8) is 0 Å². The molecule has 1 N–H and O–H groups in total. The maximum atomic E-state index is 13.1. The second-order valence-corrected chi connectivity index (χ2v) is 5.63. The van der Waals surface area contributed by atoms with Crippen LogP contribution in [-0.2, 0) is 12.7 Å². The summed E-state index contributed by atoms with van der Waals surface area (Å²) in [6.45, 7) is 3.90. The molecule has 3 nitrogen and oxygen atoms in total. The summed E-state index contributed by atoms with van der Waals surface area (Å²) >= 11 is 0. The highest BCUT2D eigenvalue weighted by molar-refractivity contribution is 5.88. The Kier molecular flexibility index (Phi) is 4.56. The molecule has 0 saturated carbocycles. The zero-order valence-electron chi connectivity index (χ0n) is 11.8. The van der Waals surface area contributed by atoms with Crippen LogP contribution in [0.15, 0.2) is 18.2 Å². The number of carbonyl (C=O) groups is 1. The van der Waals surface area contributed by atoms with Gasteiger partial charge in [0.05, 0.1) is 11.1 Å². The number of rotatable bonds is 3. The Bertz CT molecular complexity index is 520. The second-order valence-electron chi connectivity index (χ2n) is 5.63. The lowest BCUT2D eigenvalue weighted by molar-refractivity contribution is -0.138. The normalized spacial score (nSPS) is 17.9. The monoisotopic (exact) mass is 301 g/mol. The van der Waals surface area contributed by atoms with Crippen molar-refractivity contribution in [3.8, 4) is 0 Å². The number of hydrogen-bond acceptors (Lipinski definition) is 2. The lowest BCUT2D eigenvalue weighted by atomic mass is 9.97. The van der Waals surface area contributed by atoms with Crippen molar-refractivity contribution in [1.29, 1.82) is 0 Å². The lowest BCUT2D eigenvalue weighted by Gasteiger charge is -2.31. The van der Waals surface area contributed by atoms with E-state index in [9.17, 15) is 18.0 Å². The van der Waals surface area contributed by atoms with Crippen LogP contribution in [-0.4, -0.2) is 29.1 Å². The average molecular weight is 301 g/mol. The van der Waals surface area contributed by atoms with Gasteiger partial charge in [0.25, 0.3) is 0 Å². The molecule has 6 heteroatoms. The number of carboxylic acid groups (broad SMARTS) is 1. The van der Waals surface area contributed by atoms with E-state index in [4.69, 9.17) is 5.11 Å². The van der Waals surface area contributed by atoms with Crippen molar-refractivity contribution >= 4 is 5.97 Å². The van der Waals surface area contributed by atoms with Crippen LogP contribution in [0.4, 0.5) is 13.2 Å². The molecule has 0 aliphatic carbocycles. The summed E-state index contributed by atoms with van der Waals surface area (Å²) in [6, 6.07) is 3.24. The van der Waals surface area contributed by atoms with E-state index < -0.39 is 17.7 Å². The Balaban J connectivity index is 2.24. The van der Waals surface area contributed by atoms with Crippen LogP contribution in [0.5, 0.6) is 0 Å². The number of benzene rings is 1. The van der Waals surface area contributed by atoms with E-state index in [1.807, 2.05) is 4.90 Å². The highest BCUT2D eigenvalue weighted by Crippen LogP contribution is 2.34. The van der Waals surface area contributed by atoms with Gasteiger partial charge in [-0.15, -0.1) is 0 Å². The van der Waals surface area contributed by atoms with Crippen molar-refractivity contribution in [2.24, 2.45) is 5.92 Å². The maximum absolute atomic E-state index is 13.1. The molecule has 21 heavy (non-hydrogen) atoms. The minimum Gasteiger partial charge on any atom is -0.478 e. The van der Waals surface area contributed by atoms with Gasteiger partial charge in [0.1, 0.15) is 0 Å². The van der Waals surface area contributed by atoms with E-state index in [2.05, 4.69) is 6.92 Å². The van der Waals surface area contributed by atoms with Crippen LogP contribution in [0.2, 0.25) is 0 Å². The molecule has 1 fully saturated rings. The molecule has 0 atom stereocenters. The van der Waals surface area contributed by atoms with E-state index in [1.54, 1.807) is 0 Å². The van der Waals surface area contributed by atoms with Gasteiger partial charge in [0.15, 0.2) is 0 Å². The number of piperidine rings is 1. The Morgan fingerprint density at radius 1 is 1.33 bits per heavy atom. The molecule has 2 rings (SSSR count). The fraction of sp³-hybridized carbons (Fsp3) is 0.533. The molecule has 0 amide bonds. The zero-order chi connectivity index (χ0) is 15.6. The smallest absolute Gasteiger partial charge is 0.416 e. The lowest BCUT2D eigenvalue weighted by Crippen LogP contribution is -2.33. The van der Waals surface area contributed by atoms with Gasteiger partial charge in [-0.05, 0) is 49.5 Å². The van der Waals surface area contributed by atoms with Gasteiger partial charge in [-0.2, -0.15) is 13.2 Å². The summed E-state index contributed by atoms with van der Waals surface area (Å²) in [6.07, 6.45) is -2.58. The molecular formula is C15H18F3NO2. The molecule has 0 bridgehead atoms. The van der Waals surface area contributed by atoms with Gasteiger partial charge in [0, 0.05) is 6.54 Å². The molecule has 0 unspecified atom stereocenters. The fourth-order valence-electron chi connectivity index (χ4n) is 2.57. The number of carboxylic acids is 1. The number of hydrogen-bond donors (Lipinski definition) is 1. The van der Waals surface area contributed by atoms with Gasteiger partial charge in [-0.3, -0.25) is 4.90 Å². The van der Waals surface area contributed by atoms with Gasteiger partial charge < -0.3 is 5.11 Å². The summed E-state index contributed by atoms with van der Waals surface area (Å²) in [5.74, 6) is -0.739. The standard InChI is InChI=1S/C15H18F3NO2/c1-10-4-6-19(7-5-10)9-12-3-2-11(14(20)21)8-13(12)15(16,17)18/h2-3,8,10H,4-7,9H2,1H3,(H,20,21). The number of aromatic carboxylic acids is 1. The summed E-state index contributed by atoms with van der Waals surface area (Å²) in [7, 11) is 0. The van der Waals surface area contributed by atoms with E-state index >= 15 is 0 Å². The highest BCUT2D eigenvalue weighted by Gasteiger charge is 2.34. The molecule has 0 spiro atoms. The maximum Gasteiger partial charge on any atom is 0.416 e. The first-order valence-corrected chi connectivity index (χ1v) is 6.93. The fourth-order valence-corrected chi connectivity index (χ4v) is 2.57. The molecular weight excluding hydrogens is 283 g/mol. The first kappa shape index (κ1) is 15.8. The van der Waals surface area contributed by atoms with Gasteiger partial charge in [-0.25, -0.2) is 4.79 Å². The molecule has 0 aromatic heterocycles. The Morgan fingerprint density at radius 3 is 2.48 bits per heavy atom. The number of halogens is 3. The number of alkyl halides is 3.